The van der Waals surface area contributed by atoms with Crippen molar-refractivity contribution < 1.29 is 4.79 Å². The van der Waals surface area contributed by atoms with Gasteiger partial charge in [0.25, 0.3) is 0 Å². The van der Waals surface area contributed by atoms with Gasteiger partial charge >= 0.3 is 6.03 Å². The fraction of sp³-hybridized carbons (Fsp3) is 0.857. The first-order valence-electron chi connectivity index (χ1n) is 3.91. The van der Waals surface area contributed by atoms with Gasteiger partial charge in [0.05, 0.1) is 22.9 Å². The highest BCUT2D eigenvalue weighted by atomic mass is 127. The average Bonchev–Trinajstić information content (AvgIpc) is 2.03. The molecule has 0 aliphatic carbocycles. The van der Waals surface area contributed by atoms with Crippen LogP contribution in [0, 0.1) is 0 Å². The molecule has 3 nitrogen and oxygen atoms in total. The average molecular weight is 270 g/mol. The molecule has 0 fully saturated rings. The van der Waals surface area contributed by atoms with Crippen LogP contribution < -0.4 is 3.53 Å². The number of urea groups is 1. The normalized spacial score (nSPS) is 9.36. The first-order chi connectivity index (χ1) is 5.26. The zero-order valence-electron chi connectivity index (χ0n) is 7.06. The third kappa shape index (κ3) is 4.44. The van der Waals surface area contributed by atoms with E-state index in [0.29, 0.717) is 0 Å². The maximum Gasteiger partial charge on any atom is 0.326 e. The number of hydrogen-bond acceptors (Lipinski definition) is 1. The summed E-state index contributed by atoms with van der Waals surface area (Å²) in [5, 5.41) is 0. The second kappa shape index (κ2) is 6.69. The van der Waals surface area contributed by atoms with Gasteiger partial charge in [-0.05, 0) is 12.8 Å². The van der Waals surface area contributed by atoms with Crippen molar-refractivity contribution in [3.05, 3.63) is 0 Å². The molecule has 0 aromatic carbocycles. The summed E-state index contributed by atoms with van der Waals surface area (Å²) in [6.45, 7) is 5.84. The van der Waals surface area contributed by atoms with Crippen molar-refractivity contribution in [1.82, 2.24) is 8.43 Å². The van der Waals surface area contributed by atoms with Crippen molar-refractivity contribution in [1.29, 1.82) is 0 Å². The van der Waals surface area contributed by atoms with Crippen LogP contribution in [0.1, 0.15) is 26.7 Å². The number of amides is 2. The second-order valence-corrected chi connectivity index (χ2v) is 2.93. The number of halogens is 1. The van der Waals surface area contributed by atoms with E-state index in [1.165, 1.54) is 0 Å². The summed E-state index contributed by atoms with van der Waals surface area (Å²) in [6, 6.07) is 0.0225. The Labute approximate surface area is 82.0 Å². The highest BCUT2D eigenvalue weighted by Crippen LogP contribution is 1.95. The lowest BCUT2D eigenvalue weighted by Gasteiger charge is -2.19. The lowest BCUT2D eigenvalue weighted by Crippen LogP contribution is -2.36. The molecule has 0 aromatic rings. The number of carbonyl (C=O) groups is 1. The first-order valence-corrected chi connectivity index (χ1v) is 4.99. The third-order valence-corrected chi connectivity index (χ3v) is 1.82. The number of hydrogen-bond donors (Lipinski definition) is 1. The molecule has 0 saturated heterocycles. The highest BCUT2D eigenvalue weighted by Gasteiger charge is 2.08. The van der Waals surface area contributed by atoms with Crippen molar-refractivity contribution >= 4 is 28.9 Å². The van der Waals surface area contributed by atoms with E-state index in [9.17, 15) is 4.79 Å². The van der Waals surface area contributed by atoms with Gasteiger partial charge in [-0.2, -0.15) is 0 Å². The van der Waals surface area contributed by atoms with Crippen LogP contribution in [0.25, 0.3) is 0 Å². The number of carbonyl (C=O) groups excluding carboxylic acids is 1. The lowest BCUT2D eigenvalue weighted by molar-refractivity contribution is 0.205. The summed E-state index contributed by atoms with van der Waals surface area (Å²) in [5.74, 6) is 0. The van der Waals surface area contributed by atoms with E-state index in [1.54, 1.807) is 0 Å². The van der Waals surface area contributed by atoms with Crippen LogP contribution in [0.2, 0.25) is 0 Å². The molecule has 0 radical (unpaired) electrons. The summed E-state index contributed by atoms with van der Waals surface area (Å²) in [5.41, 5.74) is 0. The molecule has 0 heterocycles. The van der Waals surface area contributed by atoms with Crippen LogP contribution in [-0.2, 0) is 0 Å². The van der Waals surface area contributed by atoms with Gasteiger partial charge in [-0.1, -0.05) is 13.8 Å². The van der Waals surface area contributed by atoms with E-state index in [-0.39, 0.29) is 6.03 Å². The molecule has 1 N–H and O–H groups in total. The molecule has 0 bridgehead atoms. The SMILES string of the molecule is CCCN(CCC)C(=O)NI. The van der Waals surface area contributed by atoms with Gasteiger partial charge in [0.2, 0.25) is 0 Å². The van der Waals surface area contributed by atoms with Crippen molar-refractivity contribution in [3.63, 3.8) is 0 Å². The number of nitrogens with one attached hydrogen (secondary N) is 1. The maximum absolute atomic E-state index is 11.1. The van der Waals surface area contributed by atoms with E-state index < -0.39 is 0 Å². The fourth-order valence-electron chi connectivity index (χ4n) is 0.914. The van der Waals surface area contributed by atoms with Gasteiger partial charge in [-0.25, -0.2) is 4.79 Å². The first kappa shape index (κ1) is 11.0. The second-order valence-electron chi connectivity index (χ2n) is 2.39. The molecule has 11 heavy (non-hydrogen) atoms. The van der Waals surface area contributed by atoms with Gasteiger partial charge in [-0.3, -0.25) is 3.53 Å². The van der Waals surface area contributed by atoms with E-state index in [1.807, 2.05) is 27.8 Å². The largest absolute Gasteiger partial charge is 0.326 e. The number of nitrogens with zero attached hydrogens (tertiary/aromatic N) is 1. The van der Waals surface area contributed by atoms with Crippen molar-refractivity contribution in [3.8, 4) is 0 Å². The van der Waals surface area contributed by atoms with Crippen molar-refractivity contribution in [2.75, 3.05) is 13.1 Å². The van der Waals surface area contributed by atoms with Gasteiger partial charge in [0, 0.05) is 13.1 Å². The highest BCUT2D eigenvalue weighted by molar-refractivity contribution is 14.1. The Morgan fingerprint density at radius 3 is 2.09 bits per heavy atom. The predicted octanol–water partition coefficient (Wildman–Crippen LogP) is 2.17. The Kier molecular flexibility index (Phi) is 6.69. The van der Waals surface area contributed by atoms with E-state index >= 15 is 0 Å². The minimum absolute atomic E-state index is 0.0225. The Morgan fingerprint density at radius 2 is 1.82 bits per heavy atom. The minimum Gasteiger partial charge on any atom is -0.324 e. The van der Waals surface area contributed by atoms with Crippen molar-refractivity contribution in [2.45, 2.75) is 26.7 Å². The molecule has 0 unspecified atom stereocenters. The van der Waals surface area contributed by atoms with Gasteiger partial charge in [-0.15, -0.1) is 0 Å². The van der Waals surface area contributed by atoms with E-state index in [2.05, 4.69) is 17.4 Å². The molecule has 0 saturated carbocycles. The van der Waals surface area contributed by atoms with E-state index in [4.69, 9.17) is 0 Å². The molecule has 0 aromatic heterocycles. The monoisotopic (exact) mass is 270 g/mol. The topological polar surface area (TPSA) is 32.3 Å². The molecule has 0 rings (SSSR count). The minimum atomic E-state index is 0.0225. The van der Waals surface area contributed by atoms with Crippen molar-refractivity contribution in [2.24, 2.45) is 0 Å². The number of rotatable bonds is 4. The molecular weight excluding hydrogens is 255 g/mol. The Morgan fingerprint density at radius 1 is 1.36 bits per heavy atom. The van der Waals surface area contributed by atoms with E-state index in [0.717, 1.165) is 25.9 Å². The van der Waals surface area contributed by atoms with Gasteiger partial charge in [0.15, 0.2) is 0 Å². The maximum atomic E-state index is 11.1. The lowest BCUT2D eigenvalue weighted by atomic mass is 10.4. The van der Waals surface area contributed by atoms with Gasteiger partial charge < -0.3 is 4.90 Å². The van der Waals surface area contributed by atoms with Crippen LogP contribution >= 0.6 is 22.9 Å². The smallest absolute Gasteiger partial charge is 0.324 e. The quantitative estimate of drug-likeness (QED) is 0.616. The van der Waals surface area contributed by atoms with Gasteiger partial charge in [0.1, 0.15) is 0 Å². The third-order valence-electron chi connectivity index (χ3n) is 1.36. The van der Waals surface area contributed by atoms with Crippen LogP contribution in [0.4, 0.5) is 4.79 Å². The van der Waals surface area contributed by atoms with Crippen LogP contribution in [0.15, 0.2) is 0 Å². The Bertz CT molecular complexity index is 113. The summed E-state index contributed by atoms with van der Waals surface area (Å²) >= 11 is 1.87. The zero-order chi connectivity index (χ0) is 8.69. The molecule has 4 heteroatoms. The zero-order valence-corrected chi connectivity index (χ0v) is 9.22. The molecule has 0 aliphatic heterocycles. The molecule has 2 amide bonds. The molecule has 0 atom stereocenters. The van der Waals surface area contributed by atoms with Crippen LogP contribution in [-0.4, -0.2) is 24.0 Å². The molecule has 0 spiro atoms. The summed E-state index contributed by atoms with van der Waals surface area (Å²) in [6.07, 6.45) is 2.04. The predicted molar refractivity (Wildman–Crippen MR) is 54.7 cm³/mol. The standard InChI is InChI=1S/C7H15IN2O/c1-3-5-10(6-4-2)7(11)9-8/h3-6H2,1-2H3,(H,9,11). The fourth-order valence-corrected chi connectivity index (χ4v) is 1.26. The Balaban J connectivity index is 3.76. The molecule has 0 aliphatic rings. The Hall–Kier alpha value is 0. The summed E-state index contributed by atoms with van der Waals surface area (Å²) in [7, 11) is 0. The summed E-state index contributed by atoms with van der Waals surface area (Å²) in [4.78, 5) is 12.9. The molecule has 66 valence electrons. The summed E-state index contributed by atoms with van der Waals surface area (Å²) < 4.78 is 2.59. The molecular formula is C7H15IN2O. The van der Waals surface area contributed by atoms with Crippen LogP contribution in [0.5, 0.6) is 0 Å². The van der Waals surface area contributed by atoms with Crippen LogP contribution in [0.3, 0.4) is 0 Å².